The van der Waals surface area contributed by atoms with E-state index in [9.17, 15) is 13.6 Å². The fourth-order valence-corrected chi connectivity index (χ4v) is 0.702. The molecule has 0 N–H and O–H groups in total. The Balaban J connectivity index is 4.32. The lowest BCUT2D eigenvalue weighted by atomic mass is 9.85. The topological polar surface area (TPSA) is 40.9 Å². The van der Waals surface area contributed by atoms with Crippen molar-refractivity contribution in [1.82, 2.24) is 0 Å². The van der Waals surface area contributed by atoms with E-state index in [1.807, 2.05) is 0 Å². The Labute approximate surface area is 63.8 Å². The van der Waals surface area contributed by atoms with Gasteiger partial charge in [0.15, 0.2) is 0 Å². The molecule has 0 saturated carbocycles. The molecular formula is C7H9F2NO. The smallest absolute Gasteiger partial charge is 0.240 e. The summed E-state index contributed by atoms with van der Waals surface area (Å²) in [5.74, 6) is 0. The molecule has 0 saturated heterocycles. The first kappa shape index (κ1) is 10.0. The van der Waals surface area contributed by atoms with Gasteiger partial charge in [0.1, 0.15) is 11.7 Å². The number of nitrogens with zero attached hydrogens (tertiary/aromatic N) is 1. The minimum absolute atomic E-state index is 0.136. The molecule has 1 unspecified atom stereocenters. The highest BCUT2D eigenvalue weighted by Gasteiger charge is 2.31. The van der Waals surface area contributed by atoms with Gasteiger partial charge < -0.3 is 4.79 Å². The zero-order chi connectivity index (χ0) is 8.91. The van der Waals surface area contributed by atoms with Gasteiger partial charge in [0, 0.05) is 6.42 Å². The minimum atomic E-state index is -2.60. The Morgan fingerprint density at radius 1 is 1.73 bits per heavy atom. The third-order valence-corrected chi connectivity index (χ3v) is 1.60. The maximum Gasteiger partial charge on any atom is 0.240 e. The van der Waals surface area contributed by atoms with Crippen molar-refractivity contribution < 1.29 is 13.6 Å². The Morgan fingerprint density at radius 3 is 2.36 bits per heavy atom. The molecule has 1 atom stereocenters. The van der Waals surface area contributed by atoms with Crippen LogP contribution < -0.4 is 0 Å². The summed E-state index contributed by atoms with van der Waals surface area (Å²) >= 11 is 0. The first-order valence-electron chi connectivity index (χ1n) is 3.26. The first-order valence-corrected chi connectivity index (χ1v) is 3.26. The zero-order valence-electron chi connectivity index (χ0n) is 6.18. The number of hydrogen-bond acceptors (Lipinski definition) is 2. The van der Waals surface area contributed by atoms with E-state index in [1.165, 1.54) is 0 Å². The fraction of sp³-hybridized carbons (Fsp3) is 0.714. The molecule has 62 valence electrons. The summed E-state index contributed by atoms with van der Waals surface area (Å²) in [7, 11) is 0. The second-order valence-corrected chi connectivity index (χ2v) is 2.33. The summed E-state index contributed by atoms with van der Waals surface area (Å²) in [6.07, 6.45) is -2.82. The number of alkyl halides is 2. The van der Waals surface area contributed by atoms with Crippen molar-refractivity contribution in [3.63, 3.8) is 0 Å². The van der Waals surface area contributed by atoms with E-state index < -0.39 is 18.3 Å². The normalized spacial score (nSPS) is 15.5. The van der Waals surface area contributed by atoms with E-state index in [0.717, 1.165) is 0 Å². The van der Waals surface area contributed by atoms with E-state index in [-0.39, 0.29) is 6.42 Å². The SMILES string of the molecule is CCC(C#N)(C=O)CC(F)F. The monoisotopic (exact) mass is 161 g/mol. The van der Waals surface area contributed by atoms with E-state index in [1.54, 1.807) is 13.0 Å². The summed E-state index contributed by atoms with van der Waals surface area (Å²) in [6, 6.07) is 1.60. The van der Waals surface area contributed by atoms with E-state index in [0.29, 0.717) is 6.29 Å². The Hall–Kier alpha value is -0.980. The molecule has 0 amide bonds. The van der Waals surface area contributed by atoms with Crippen LogP contribution >= 0.6 is 0 Å². The standard InChI is InChI=1S/C7H9F2NO/c1-2-7(4-10,5-11)3-6(8)9/h5-6H,2-3H2,1H3. The highest BCUT2D eigenvalue weighted by molar-refractivity contribution is 5.63. The molecule has 0 spiro atoms. The maximum absolute atomic E-state index is 11.8. The molecule has 0 radical (unpaired) electrons. The third kappa shape index (κ3) is 2.62. The maximum atomic E-state index is 11.8. The molecular weight excluding hydrogens is 152 g/mol. The second kappa shape index (κ2) is 4.02. The number of nitriles is 1. The molecule has 0 aromatic carbocycles. The van der Waals surface area contributed by atoms with Crippen molar-refractivity contribution in [1.29, 1.82) is 5.26 Å². The molecule has 0 aliphatic heterocycles. The largest absolute Gasteiger partial charge is 0.302 e. The quantitative estimate of drug-likeness (QED) is 0.589. The van der Waals surface area contributed by atoms with Gasteiger partial charge in [0.05, 0.1) is 6.07 Å². The lowest BCUT2D eigenvalue weighted by Crippen LogP contribution is -2.22. The average Bonchev–Trinajstić information content (AvgIpc) is 2.00. The fourth-order valence-electron chi connectivity index (χ4n) is 0.702. The van der Waals surface area contributed by atoms with Gasteiger partial charge in [-0.05, 0) is 6.42 Å². The van der Waals surface area contributed by atoms with Crippen LogP contribution in [0.25, 0.3) is 0 Å². The highest BCUT2D eigenvalue weighted by atomic mass is 19.3. The van der Waals surface area contributed by atoms with Crippen LogP contribution in [-0.2, 0) is 4.79 Å². The summed E-state index contributed by atoms with van der Waals surface area (Å²) in [5, 5.41) is 8.41. The van der Waals surface area contributed by atoms with Gasteiger partial charge in [0.2, 0.25) is 6.43 Å². The van der Waals surface area contributed by atoms with Crippen molar-refractivity contribution in [2.24, 2.45) is 5.41 Å². The van der Waals surface area contributed by atoms with Crippen LogP contribution in [0.3, 0.4) is 0 Å². The van der Waals surface area contributed by atoms with Crippen molar-refractivity contribution in [2.45, 2.75) is 26.2 Å². The van der Waals surface area contributed by atoms with Crippen molar-refractivity contribution >= 4 is 6.29 Å². The second-order valence-electron chi connectivity index (χ2n) is 2.33. The van der Waals surface area contributed by atoms with Crippen molar-refractivity contribution in [3.05, 3.63) is 0 Å². The zero-order valence-corrected chi connectivity index (χ0v) is 6.18. The molecule has 0 aromatic heterocycles. The van der Waals surface area contributed by atoms with Crippen molar-refractivity contribution in [2.75, 3.05) is 0 Å². The van der Waals surface area contributed by atoms with Gasteiger partial charge >= 0.3 is 0 Å². The molecule has 11 heavy (non-hydrogen) atoms. The summed E-state index contributed by atoms with van der Waals surface area (Å²) in [5.41, 5.74) is -1.48. The van der Waals surface area contributed by atoms with Crippen LogP contribution in [0.2, 0.25) is 0 Å². The summed E-state index contributed by atoms with van der Waals surface area (Å²) in [6.45, 7) is 1.54. The van der Waals surface area contributed by atoms with Crippen LogP contribution in [0.1, 0.15) is 19.8 Å². The molecule has 2 nitrogen and oxygen atoms in total. The highest BCUT2D eigenvalue weighted by Crippen LogP contribution is 2.25. The van der Waals surface area contributed by atoms with Crippen LogP contribution in [0.15, 0.2) is 0 Å². The van der Waals surface area contributed by atoms with Crippen LogP contribution in [0, 0.1) is 16.7 Å². The van der Waals surface area contributed by atoms with Crippen LogP contribution in [0.5, 0.6) is 0 Å². The number of halogens is 2. The Morgan fingerprint density at radius 2 is 2.27 bits per heavy atom. The summed E-state index contributed by atoms with van der Waals surface area (Å²) in [4.78, 5) is 10.3. The molecule has 0 bridgehead atoms. The van der Waals surface area contributed by atoms with Gasteiger partial charge in [-0.1, -0.05) is 6.92 Å². The van der Waals surface area contributed by atoms with Crippen LogP contribution in [-0.4, -0.2) is 12.7 Å². The number of carbonyl (C=O) groups is 1. The van der Waals surface area contributed by atoms with Gasteiger partial charge in [-0.2, -0.15) is 5.26 Å². The van der Waals surface area contributed by atoms with Gasteiger partial charge in [-0.25, -0.2) is 8.78 Å². The van der Waals surface area contributed by atoms with E-state index in [2.05, 4.69) is 0 Å². The predicted molar refractivity (Wildman–Crippen MR) is 35.0 cm³/mol. The van der Waals surface area contributed by atoms with Gasteiger partial charge in [0.25, 0.3) is 0 Å². The average molecular weight is 161 g/mol. The predicted octanol–water partition coefficient (Wildman–Crippen LogP) is 1.76. The van der Waals surface area contributed by atoms with Crippen molar-refractivity contribution in [3.8, 4) is 6.07 Å². The van der Waals surface area contributed by atoms with Gasteiger partial charge in [-0.3, -0.25) is 0 Å². The van der Waals surface area contributed by atoms with Gasteiger partial charge in [-0.15, -0.1) is 0 Å². The molecule has 0 aliphatic carbocycles. The lowest BCUT2D eigenvalue weighted by molar-refractivity contribution is -0.115. The number of carbonyl (C=O) groups excluding carboxylic acids is 1. The van der Waals surface area contributed by atoms with Crippen LogP contribution in [0.4, 0.5) is 8.78 Å². The lowest BCUT2D eigenvalue weighted by Gasteiger charge is -2.15. The van der Waals surface area contributed by atoms with E-state index >= 15 is 0 Å². The number of aldehydes is 1. The number of hydrogen-bond donors (Lipinski definition) is 0. The first-order chi connectivity index (χ1) is 5.10. The molecule has 0 fully saturated rings. The minimum Gasteiger partial charge on any atom is -0.302 e. The Kier molecular flexibility index (Phi) is 3.66. The molecule has 0 rings (SSSR count). The Bertz CT molecular complexity index is 176. The molecule has 0 aromatic rings. The molecule has 0 aliphatic rings. The molecule has 0 heterocycles. The van der Waals surface area contributed by atoms with E-state index in [4.69, 9.17) is 5.26 Å². The summed E-state index contributed by atoms with van der Waals surface area (Å²) < 4.78 is 23.6. The molecule has 4 heteroatoms. The third-order valence-electron chi connectivity index (χ3n) is 1.60. The number of rotatable bonds is 4.